The van der Waals surface area contributed by atoms with E-state index in [1.807, 2.05) is 24.3 Å². The number of esters is 1. The molecule has 0 saturated heterocycles. The Bertz CT molecular complexity index is 707. The Morgan fingerprint density at radius 2 is 1.56 bits per heavy atom. The second-order valence-corrected chi connectivity index (χ2v) is 6.96. The van der Waals surface area contributed by atoms with Gasteiger partial charge in [0.2, 0.25) is 0 Å². The van der Waals surface area contributed by atoms with Crippen LogP contribution < -0.4 is 4.74 Å². The Hall–Kier alpha value is -2.35. The highest BCUT2D eigenvalue weighted by Gasteiger charge is 2.21. The molecule has 2 aromatic rings. The molecule has 25 heavy (non-hydrogen) atoms. The van der Waals surface area contributed by atoms with Gasteiger partial charge >= 0.3 is 5.97 Å². The highest BCUT2D eigenvalue weighted by Crippen LogP contribution is 2.36. The molecule has 1 aliphatic rings. The fourth-order valence-electron chi connectivity index (χ4n) is 3.76. The Balaban J connectivity index is 1.69. The molecule has 2 aromatic carbocycles. The molecule has 0 heterocycles. The van der Waals surface area contributed by atoms with E-state index < -0.39 is 5.97 Å². The molecule has 2 nitrogen and oxygen atoms in total. The second kappa shape index (κ2) is 8.15. The fourth-order valence-corrected chi connectivity index (χ4v) is 3.76. The highest BCUT2D eigenvalue weighted by molar-refractivity contribution is 5.83. The van der Waals surface area contributed by atoms with Gasteiger partial charge in [-0.3, -0.25) is 0 Å². The fraction of sp³-hybridized carbons (Fsp3) is 0.348. The first kappa shape index (κ1) is 17.5. The van der Waals surface area contributed by atoms with Gasteiger partial charge in [-0.05, 0) is 53.5 Å². The number of benzene rings is 2. The van der Waals surface area contributed by atoms with Crippen LogP contribution in [0, 0.1) is 5.92 Å². The molecular weight excluding hydrogens is 308 g/mol. The van der Waals surface area contributed by atoms with E-state index in [0.29, 0.717) is 11.7 Å². The zero-order chi connectivity index (χ0) is 17.6. The van der Waals surface area contributed by atoms with Gasteiger partial charge in [0, 0.05) is 6.08 Å². The molecule has 1 fully saturated rings. The number of hydrogen-bond donors (Lipinski definition) is 0. The molecule has 0 aliphatic heterocycles. The van der Waals surface area contributed by atoms with E-state index in [-0.39, 0.29) is 0 Å². The van der Waals surface area contributed by atoms with E-state index in [9.17, 15) is 4.79 Å². The van der Waals surface area contributed by atoms with Gasteiger partial charge in [0.25, 0.3) is 0 Å². The molecule has 1 unspecified atom stereocenters. The summed E-state index contributed by atoms with van der Waals surface area (Å²) in [7, 11) is 0. The molecular formula is C23H26O2. The number of carbonyl (C=O) groups excluding carboxylic acids is 1. The Morgan fingerprint density at radius 3 is 2.12 bits per heavy atom. The van der Waals surface area contributed by atoms with Crippen LogP contribution in [0.5, 0.6) is 5.75 Å². The minimum atomic E-state index is -0.436. The topological polar surface area (TPSA) is 26.3 Å². The predicted octanol–water partition coefficient (Wildman–Crippen LogP) is 6.13. The second-order valence-electron chi connectivity index (χ2n) is 6.96. The first-order valence-electron chi connectivity index (χ1n) is 9.22. The van der Waals surface area contributed by atoms with Gasteiger partial charge in [0.1, 0.15) is 5.75 Å². The zero-order valence-electron chi connectivity index (χ0n) is 14.9. The summed E-state index contributed by atoms with van der Waals surface area (Å²) in [5.41, 5.74) is 3.74. The number of hydrogen-bond acceptors (Lipinski definition) is 2. The van der Waals surface area contributed by atoms with Crippen LogP contribution in [0.15, 0.2) is 61.2 Å². The summed E-state index contributed by atoms with van der Waals surface area (Å²) in [6.07, 6.45) is 8.08. The zero-order valence-corrected chi connectivity index (χ0v) is 14.9. The van der Waals surface area contributed by atoms with E-state index in [0.717, 1.165) is 11.5 Å². The molecule has 1 aliphatic carbocycles. The SMILES string of the molecule is C=CC(=O)Oc1ccc(-c2ccc(C(C)C3CCCCC3)cc2)cc1. The van der Waals surface area contributed by atoms with Crippen molar-refractivity contribution in [2.75, 3.05) is 0 Å². The van der Waals surface area contributed by atoms with Gasteiger partial charge in [-0.1, -0.05) is 69.2 Å². The van der Waals surface area contributed by atoms with Crippen molar-refractivity contribution in [1.82, 2.24) is 0 Å². The van der Waals surface area contributed by atoms with Crippen molar-refractivity contribution in [1.29, 1.82) is 0 Å². The van der Waals surface area contributed by atoms with Gasteiger partial charge in [-0.2, -0.15) is 0 Å². The normalized spacial score (nSPS) is 16.2. The maximum Gasteiger partial charge on any atom is 0.335 e. The van der Waals surface area contributed by atoms with Gasteiger partial charge in [0.05, 0.1) is 0 Å². The summed E-state index contributed by atoms with van der Waals surface area (Å²) >= 11 is 0. The van der Waals surface area contributed by atoms with Crippen LogP contribution in [0.4, 0.5) is 0 Å². The molecule has 0 spiro atoms. The Morgan fingerprint density at radius 1 is 1.00 bits per heavy atom. The van der Waals surface area contributed by atoms with Crippen molar-refractivity contribution in [3.05, 3.63) is 66.7 Å². The minimum Gasteiger partial charge on any atom is -0.423 e. The van der Waals surface area contributed by atoms with Crippen molar-refractivity contribution in [3.8, 4) is 16.9 Å². The van der Waals surface area contributed by atoms with Gasteiger partial charge in [-0.25, -0.2) is 4.79 Å². The lowest BCUT2D eigenvalue weighted by Crippen LogP contribution is -2.13. The lowest BCUT2D eigenvalue weighted by Gasteiger charge is -2.28. The molecule has 2 heteroatoms. The van der Waals surface area contributed by atoms with Gasteiger partial charge < -0.3 is 4.74 Å². The van der Waals surface area contributed by atoms with Crippen LogP contribution in [0.2, 0.25) is 0 Å². The molecule has 0 amide bonds. The van der Waals surface area contributed by atoms with Crippen LogP contribution in [-0.2, 0) is 4.79 Å². The molecule has 0 aromatic heterocycles. The first-order chi connectivity index (χ1) is 12.2. The summed E-state index contributed by atoms with van der Waals surface area (Å²) in [5, 5.41) is 0. The van der Waals surface area contributed by atoms with E-state index in [2.05, 4.69) is 37.8 Å². The monoisotopic (exact) mass is 334 g/mol. The molecule has 130 valence electrons. The predicted molar refractivity (Wildman–Crippen MR) is 103 cm³/mol. The number of carbonyl (C=O) groups is 1. The molecule has 3 rings (SSSR count). The summed E-state index contributed by atoms with van der Waals surface area (Å²) in [6, 6.07) is 16.5. The van der Waals surface area contributed by atoms with Crippen LogP contribution in [0.3, 0.4) is 0 Å². The summed E-state index contributed by atoms with van der Waals surface area (Å²) < 4.78 is 5.12. The van der Waals surface area contributed by atoms with Crippen molar-refractivity contribution in [2.24, 2.45) is 5.92 Å². The largest absolute Gasteiger partial charge is 0.423 e. The Labute approximate surface area is 150 Å². The van der Waals surface area contributed by atoms with Crippen LogP contribution in [0.1, 0.15) is 50.5 Å². The third-order valence-corrected chi connectivity index (χ3v) is 5.37. The molecule has 1 saturated carbocycles. The van der Waals surface area contributed by atoms with Crippen LogP contribution >= 0.6 is 0 Å². The van der Waals surface area contributed by atoms with Crippen LogP contribution in [-0.4, -0.2) is 5.97 Å². The van der Waals surface area contributed by atoms with Gasteiger partial charge in [0.15, 0.2) is 0 Å². The molecule has 0 radical (unpaired) electrons. The Kier molecular flexibility index (Phi) is 5.70. The average molecular weight is 334 g/mol. The average Bonchev–Trinajstić information content (AvgIpc) is 2.69. The van der Waals surface area contributed by atoms with Crippen molar-refractivity contribution in [3.63, 3.8) is 0 Å². The summed E-state index contributed by atoms with van der Waals surface area (Å²) in [4.78, 5) is 11.2. The van der Waals surface area contributed by atoms with E-state index in [1.165, 1.54) is 49.3 Å². The lowest BCUT2D eigenvalue weighted by molar-refractivity contribution is -0.128. The summed E-state index contributed by atoms with van der Waals surface area (Å²) in [6.45, 7) is 5.77. The van der Waals surface area contributed by atoms with Crippen LogP contribution in [0.25, 0.3) is 11.1 Å². The maximum absolute atomic E-state index is 11.2. The number of rotatable bonds is 5. The third-order valence-electron chi connectivity index (χ3n) is 5.37. The minimum absolute atomic E-state index is 0.436. The van der Waals surface area contributed by atoms with Gasteiger partial charge in [-0.15, -0.1) is 0 Å². The quantitative estimate of drug-likeness (QED) is 0.373. The highest BCUT2D eigenvalue weighted by atomic mass is 16.5. The maximum atomic E-state index is 11.2. The molecule has 0 bridgehead atoms. The smallest absolute Gasteiger partial charge is 0.335 e. The standard InChI is InChI=1S/C23H26O2/c1-3-23(24)25-22-15-13-21(14-16-22)20-11-9-19(10-12-20)17(2)18-7-5-4-6-8-18/h3,9-18H,1,4-8H2,2H3. The van der Waals surface area contributed by atoms with Crippen molar-refractivity contribution < 1.29 is 9.53 Å². The number of ether oxygens (including phenoxy) is 1. The molecule has 1 atom stereocenters. The first-order valence-corrected chi connectivity index (χ1v) is 9.22. The lowest BCUT2D eigenvalue weighted by atomic mass is 9.77. The third kappa shape index (κ3) is 4.39. The van der Waals surface area contributed by atoms with E-state index in [1.54, 1.807) is 0 Å². The summed E-state index contributed by atoms with van der Waals surface area (Å²) in [5.74, 6) is 1.57. The van der Waals surface area contributed by atoms with E-state index in [4.69, 9.17) is 4.74 Å². The van der Waals surface area contributed by atoms with Crippen molar-refractivity contribution in [2.45, 2.75) is 44.9 Å². The molecule has 0 N–H and O–H groups in total. The van der Waals surface area contributed by atoms with E-state index >= 15 is 0 Å². The van der Waals surface area contributed by atoms with Crippen molar-refractivity contribution >= 4 is 5.97 Å².